The molecule has 1 aromatic carbocycles. The van der Waals surface area contributed by atoms with Crippen LogP contribution < -0.4 is 10.1 Å². The number of rotatable bonds is 5. The van der Waals surface area contributed by atoms with Crippen molar-refractivity contribution in [3.05, 3.63) is 58.3 Å². The van der Waals surface area contributed by atoms with Crippen molar-refractivity contribution < 1.29 is 4.74 Å². The lowest BCUT2D eigenvalue weighted by Gasteiger charge is -2.20. The van der Waals surface area contributed by atoms with E-state index in [9.17, 15) is 0 Å². The summed E-state index contributed by atoms with van der Waals surface area (Å²) in [5.41, 5.74) is 2.08. The zero-order valence-electron chi connectivity index (χ0n) is 11.1. The first-order valence-electron chi connectivity index (χ1n) is 6.24. The molecule has 1 atom stereocenters. The molecule has 0 bridgehead atoms. The Morgan fingerprint density at radius 1 is 1.26 bits per heavy atom. The smallest absolute Gasteiger partial charge is 0.142 e. The van der Waals surface area contributed by atoms with Crippen molar-refractivity contribution in [3.63, 3.8) is 0 Å². The first kappa shape index (κ1) is 14.0. The topological polar surface area (TPSA) is 34.2 Å². The molecule has 0 aliphatic heterocycles. The number of benzene rings is 1. The van der Waals surface area contributed by atoms with Crippen molar-refractivity contribution >= 4 is 15.9 Å². The fourth-order valence-electron chi connectivity index (χ4n) is 2.02. The van der Waals surface area contributed by atoms with E-state index in [4.69, 9.17) is 4.74 Å². The number of pyridine rings is 1. The van der Waals surface area contributed by atoms with Gasteiger partial charge in [0.05, 0.1) is 13.2 Å². The number of hydrogen-bond donors (Lipinski definition) is 1. The van der Waals surface area contributed by atoms with Gasteiger partial charge in [0.2, 0.25) is 0 Å². The molecule has 3 nitrogen and oxygen atoms in total. The minimum Gasteiger partial charge on any atom is -0.495 e. The van der Waals surface area contributed by atoms with Crippen LogP contribution in [0.5, 0.6) is 5.75 Å². The molecule has 0 radical (unpaired) electrons. The lowest BCUT2D eigenvalue weighted by Crippen LogP contribution is -2.23. The van der Waals surface area contributed by atoms with Gasteiger partial charge in [-0.15, -0.1) is 0 Å². The van der Waals surface area contributed by atoms with Crippen molar-refractivity contribution in [2.75, 3.05) is 13.7 Å². The molecule has 1 N–H and O–H groups in total. The van der Waals surface area contributed by atoms with Gasteiger partial charge in [-0.25, -0.2) is 0 Å². The highest BCUT2D eigenvalue weighted by molar-refractivity contribution is 9.10. The molecule has 0 aliphatic rings. The van der Waals surface area contributed by atoms with Crippen LogP contribution in [0.3, 0.4) is 0 Å². The summed E-state index contributed by atoms with van der Waals surface area (Å²) in [5, 5.41) is 3.45. The molecule has 100 valence electrons. The standard InChI is InChI=1S/C15H17BrN2O/c1-3-17-14(11-6-8-12(16)9-7-11)15-13(19-2)5-4-10-18-15/h4-10,14,17H,3H2,1-2H3. The summed E-state index contributed by atoms with van der Waals surface area (Å²) in [6.45, 7) is 2.95. The number of ether oxygens (including phenoxy) is 1. The van der Waals surface area contributed by atoms with Crippen LogP contribution >= 0.6 is 15.9 Å². The molecule has 19 heavy (non-hydrogen) atoms. The third kappa shape index (κ3) is 3.33. The van der Waals surface area contributed by atoms with Gasteiger partial charge in [-0.3, -0.25) is 4.98 Å². The summed E-state index contributed by atoms with van der Waals surface area (Å²) < 4.78 is 6.48. The van der Waals surface area contributed by atoms with Gasteiger partial charge in [-0.05, 0) is 36.4 Å². The predicted molar refractivity (Wildman–Crippen MR) is 80.5 cm³/mol. The Bertz CT molecular complexity index is 528. The van der Waals surface area contributed by atoms with Gasteiger partial charge in [0.1, 0.15) is 11.4 Å². The van der Waals surface area contributed by atoms with Crippen LogP contribution in [0.15, 0.2) is 47.1 Å². The normalized spacial score (nSPS) is 12.2. The molecule has 0 saturated carbocycles. The van der Waals surface area contributed by atoms with Gasteiger partial charge in [0.25, 0.3) is 0 Å². The van der Waals surface area contributed by atoms with Crippen LogP contribution in [0, 0.1) is 0 Å². The maximum Gasteiger partial charge on any atom is 0.142 e. The number of methoxy groups -OCH3 is 1. The fourth-order valence-corrected chi connectivity index (χ4v) is 2.29. The highest BCUT2D eigenvalue weighted by Gasteiger charge is 2.18. The zero-order valence-corrected chi connectivity index (χ0v) is 12.6. The minimum absolute atomic E-state index is 0.0363. The van der Waals surface area contributed by atoms with Crippen LogP contribution in [0.4, 0.5) is 0 Å². The van der Waals surface area contributed by atoms with E-state index in [-0.39, 0.29) is 6.04 Å². The Kier molecular flexibility index (Phi) is 4.93. The average Bonchev–Trinajstić information content (AvgIpc) is 2.46. The third-order valence-electron chi connectivity index (χ3n) is 2.90. The summed E-state index contributed by atoms with van der Waals surface area (Å²) in [7, 11) is 1.67. The minimum atomic E-state index is 0.0363. The van der Waals surface area contributed by atoms with Gasteiger partial charge < -0.3 is 10.1 Å². The predicted octanol–water partition coefficient (Wildman–Crippen LogP) is 3.55. The molecule has 4 heteroatoms. The van der Waals surface area contributed by atoms with Crippen molar-refractivity contribution in [2.45, 2.75) is 13.0 Å². The van der Waals surface area contributed by atoms with Crippen LogP contribution in [0.25, 0.3) is 0 Å². The number of nitrogens with one attached hydrogen (secondary N) is 1. The maximum absolute atomic E-state index is 5.41. The molecule has 0 spiro atoms. The Labute approximate surface area is 122 Å². The molecule has 1 unspecified atom stereocenters. The second-order valence-corrected chi connectivity index (χ2v) is 5.05. The van der Waals surface area contributed by atoms with E-state index in [1.54, 1.807) is 13.3 Å². The quantitative estimate of drug-likeness (QED) is 0.914. The maximum atomic E-state index is 5.41. The second-order valence-electron chi connectivity index (χ2n) is 4.13. The van der Waals surface area contributed by atoms with E-state index in [1.165, 1.54) is 5.56 Å². The van der Waals surface area contributed by atoms with Gasteiger partial charge >= 0.3 is 0 Å². The highest BCUT2D eigenvalue weighted by atomic mass is 79.9. The van der Waals surface area contributed by atoms with Crippen molar-refractivity contribution in [3.8, 4) is 5.75 Å². The van der Waals surface area contributed by atoms with Crippen LogP contribution in [-0.4, -0.2) is 18.6 Å². The fraction of sp³-hybridized carbons (Fsp3) is 0.267. The van der Waals surface area contributed by atoms with Gasteiger partial charge in [0.15, 0.2) is 0 Å². The Morgan fingerprint density at radius 3 is 2.63 bits per heavy atom. The van der Waals surface area contributed by atoms with Crippen LogP contribution in [-0.2, 0) is 0 Å². The molecule has 0 saturated heterocycles. The molecular formula is C15H17BrN2O. The van der Waals surface area contributed by atoms with Crippen molar-refractivity contribution in [2.24, 2.45) is 0 Å². The Balaban J connectivity index is 2.42. The lowest BCUT2D eigenvalue weighted by atomic mass is 10.0. The first-order chi connectivity index (χ1) is 9.26. The lowest BCUT2D eigenvalue weighted by molar-refractivity contribution is 0.400. The monoisotopic (exact) mass is 320 g/mol. The molecule has 2 aromatic rings. The number of nitrogens with zero attached hydrogens (tertiary/aromatic N) is 1. The average molecular weight is 321 g/mol. The molecule has 2 rings (SSSR count). The molecule has 0 aliphatic carbocycles. The van der Waals surface area contributed by atoms with E-state index in [1.807, 2.05) is 24.3 Å². The van der Waals surface area contributed by atoms with E-state index in [2.05, 4.69) is 45.3 Å². The number of halogens is 1. The van der Waals surface area contributed by atoms with Gasteiger partial charge in [0, 0.05) is 10.7 Å². The van der Waals surface area contributed by atoms with E-state index in [0.717, 1.165) is 22.5 Å². The Morgan fingerprint density at radius 2 is 2.00 bits per heavy atom. The van der Waals surface area contributed by atoms with Crippen molar-refractivity contribution in [1.29, 1.82) is 0 Å². The first-order valence-corrected chi connectivity index (χ1v) is 7.03. The summed E-state index contributed by atoms with van der Waals surface area (Å²) in [6.07, 6.45) is 1.79. The van der Waals surface area contributed by atoms with Gasteiger partial charge in [-0.2, -0.15) is 0 Å². The molecule has 0 fully saturated rings. The molecule has 0 amide bonds. The summed E-state index contributed by atoms with van der Waals surface area (Å²) in [6, 6.07) is 12.1. The number of hydrogen-bond acceptors (Lipinski definition) is 3. The van der Waals surface area contributed by atoms with Gasteiger partial charge in [-0.1, -0.05) is 35.0 Å². The highest BCUT2D eigenvalue weighted by Crippen LogP contribution is 2.28. The van der Waals surface area contributed by atoms with Crippen LogP contribution in [0.2, 0.25) is 0 Å². The summed E-state index contributed by atoms with van der Waals surface area (Å²) in [5.74, 6) is 0.802. The van der Waals surface area contributed by atoms with Crippen molar-refractivity contribution in [1.82, 2.24) is 10.3 Å². The van der Waals surface area contributed by atoms with Crippen LogP contribution in [0.1, 0.15) is 24.2 Å². The molecule has 1 aromatic heterocycles. The SMILES string of the molecule is CCNC(c1ccc(Br)cc1)c1ncccc1OC. The Hall–Kier alpha value is -1.39. The van der Waals surface area contributed by atoms with E-state index >= 15 is 0 Å². The summed E-state index contributed by atoms with van der Waals surface area (Å²) in [4.78, 5) is 4.47. The van der Waals surface area contributed by atoms with E-state index in [0.29, 0.717) is 0 Å². The third-order valence-corrected chi connectivity index (χ3v) is 3.43. The molecular weight excluding hydrogens is 304 g/mol. The largest absolute Gasteiger partial charge is 0.495 e. The summed E-state index contributed by atoms with van der Waals surface area (Å²) >= 11 is 3.46. The zero-order chi connectivity index (χ0) is 13.7. The van der Waals surface area contributed by atoms with E-state index < -0.39 is 0 Å². The second kappa shape index (κ2) is 6.68. The number of aromatic nitrogens is 1. The molecule has 1 heterocycles.